The molecule has 0 aliphatic heterocycles. The average Bonchev–Trinajstić information content (AvgIpc) is 2.66. The van der Waals surface area contributed by atoms with Crippen molar-refractivity contribution in [2.45, 2.75) is 11.3 Å². The molecule has 10 heteroatoms. The summed E-state index contributed by atoms with van der Waals surface area (Å²) in [5.74, 6) is -0.159. The molecule has 3 N–H and O–H groups in total. The van der Waals surface area contributed by atoms with Crippen LogP contribution in [0, 0.1) is 18.4 Å². The number of halogens is 3. The first-order valence-corrected chi connectivity index (χ1v) is 9.24. The van der Waals surface area contributed by atoms with Crippen molar-refractivity contribution in [3.05, 3.63) is 58.9 Å². The van der Waals surface area contributed by atoms with Gasteiger partial charge in [-0.2, -0.15) is 5.26 Å². The summed E-state index contributed by atoms with van der Waals surface area (Å²) in [6, 6.07) is 10.4. The smallest absolute Gasteiger partial charge is 0.251 e. The van der Waals surface area contributed by atoms with Gasteiger partial charge in [-0.15, -0.1) is 4.99 Å². The van der Waals surface area contributed by atoms with Gasteiger partial charge in [0.2, 0.25) is 12.2 Å². The number of carbonyl (C=O) groups excluding carboxylic acids is 1. The predicted octanol–water partition coefficient (Wildman–Crippen LogP) is 3.49. The van der Waals surface area contributed by atoms with Gasteiger partial charge in [-0.05, 0) is 31.2 Å². The number of amides is 1. The summed E-state index contributed by atoms with van der Waals surface area (Å²) in [6.45, 7) is 1.89. The molecule has 0 saturated carbocycles. The van der Waals surface area contributed by atoms with E-state index in [0.29, 0.717) is 16.4 Å². The number of aryl methyl sites for hydroxylation is 1. The van der Waals surface area contributed by atoms with Gasteiger partial charge in [0, 0.05) is 5.56 Å². The summed E-state index contributed by atoms with van der Waals surface area (Å²) >= 11 is 18.3. The molecule has 2 rings (SSSR count). The highest BCUT2D eigenvalue weighted by Gasteiger charge is 2.25. The van der Waals surface area contributed by atoms with E-state index in [9.17, 15) is 4.79 Å². The highest BCUT2D eigenvalue weighted by Crippen LogP contribution is 2.19. The molecule has 0 atom stereocenters. The van der Waals surface area contributed by atoms with Crippen LogP contribution in [0.1, 0.15) is 15.9 Å². The van der Waals surface area contributed by atoms with Gasteiger partial charge < -0.3 is 16.0 Å². The molecule has 1 aromatic heterocycles. The van der Waals surface area contributed by atoms with Gasteiger partial charge in [-0.3, -0.25) is 4.79 Å². The Bertz CT molecular complexity index is 893. The Hall–Kier alpha value is -2.53. The van der Waals surface area contributed by atoms with Crippen LogP contribution in [0.15, 0.2) is 47.6 Å². The third kappa shape index (κ3) is 7.24. The number of anilines is 1. The molecule has 1 heterocycles. The third-order valence-corrected chi connectivity index (χ3v) is 4.21. The fraction of sp³-hybridized carbons (Fsp3) is 0.222. The predicted molar refractivity (Wildman–Crippen MR) is 112 cm³/mol. The molecule has 7 nitrogen and oxygen atoms in total. The number of aliphatic imine (C=N–C) groups is 1. The van der Waals surface area contributed by atoms with Crippen molar-refractivity contribution in [3.63, 3.8) is 0 Å². The van der Waals surface area contributed by atoms with Crippen molar-refractivity contribution >= 4 is 52.4 Å². The van der Waals surface area contributed by atoms with Gasteiger partial charge in [0.1, 0.15) is 5.15 Å². The van der Waals surface area contributed by atoms with E-state index in [1.165, 1.54) is 6.20 Å². The number of nitriles is 1. The first kappa shape index (κ1) is 21.8. The largest absolute Gasteiger partial charge is 0.352 e. The van der Waals surface area contributed by atoms with Crippen LogP contribution in [-0.4, -0.2) is 34.3 Å². The van der Waals surface area contributed by atoms with E-state index in [-0.39, 0.29) is 25.0 Å². The van der Waals surface area contributed by atoms with Crippen molar-refractivity contribution in [1.29, 1.82) is 5.26 Å². The zero-order chi connectivity index (χ0) is 20.6. The number of benzene rings is 1. The lowest BCUT2D eigenvalue weighted by Crippen LogP contribution is -2.45. The normalized spacial score (nSPS) is 11.5. The van der Waals surface area contributed by atoms with Gasteiger partial charge in [-0.1, -0.05) is 52.5 Å². The molecular weight excluding hydrogens is 423 g/mol. The third-order valence-electron chi connectivity index (χ3n) is 3.45. The highest BCUT2D eigenvalue weighted by atomic mass is 35.5. The van der Waals surface area contributed by atoms with Gasteiger partial charge >= 0.3 is 0 Å². The van der Waals surface area contributed by atoms with Crippen molar-refractivity contribution in [1.82, 2.24) is 15.6 Å². The van der Waals surface area contributed by atoms with Crippen LogP contribution in [0.25, 0.3) is 0 Å². The van der Waals surface area contributed by atoms with E-state index < -0.39 is 4.33 Å². The quantitative estimate of drug-likeness (QED) is 0.210. The Kier molecular flexibility index (Phi) is 7.88. The SMILES string of the molecule is Cc1cccc(C(=O)NCC(Cl)(Cl)CNC(=NC#N)Nc2ccc(Cl)nc2)c1. The van der Waals surface area contributed by atoms with Crippen molar-refractivity contribution in [2.24, 2.45) is 4.99 Å². The molecule has 0 fully saturated rings. The zero-order valence-electron chi connectivity index (χ0n) is 14.8. The number of nitrogens with one attached hydrogen (secondary N) is 3. The minimum atomic E-state index is -1.34. The second kappa shape index (κ2) is 10.1. The van der Waals surface area contributed by atoms with E-state index >= 15 is 0 Å². The number of nitrogens with zero attached hydrogens (tertiary/aromatic N) is 3. The van der Waals surface area contributed by atoms with Crippen LogP contribution in [0.4, 0.5) is 5.69 Å². The minimum absolute atomic E-state index is 0.0126. The minimum Gasteiger partial charge on any atom is -0.352 e. The lowest BCUT2D eigenvalue weighted by molar-refractivity contribution is 0.0952. The Morgan fingerprint density at radius 1 is 1.25 bits per heavy atom. The standard InChI is InChI=1S/C18H17Cl3N6O/c1-12-3-2-4-13(7-12)16(28)24-9-18(20,21)10-25-17(26-11-22)27-14-5-6-15(19)23-8-14/h2-8H,9-10H2,1H3,(H,24,28)(H2,25,26,27). The molecule has 146 valence electrons. The van der Waals surface area contributed by atoms with Crippen LogP contribution in [0.5, 0.6) is 0 Å². The number of guanidine groups is 1. The Balaban J connectivity index is 1.90. The average molecular weight is 440 g/mol. The second-order valence-corrected chi connectivity index (χ2v) is 7.84. The molecule has 1 amide bonds. The number of carbonyl (C=O) groups is 1. The summed E-state index contributed by atoms with van der Waals surface area (Å²) < 4.78 is -1.34. The Labute approximate surface area is 177 Å². The van der Waals surface area contributed by atoms with Gasteiger partial charge in [0.25, 0.3) is 5.91 Å². The summed E-state index contributed by atoms with van der Waals surface area (Å²) in [4.78, 5) is 19.8. The van der Waals surface area contributed by atoms with Crippen molar-refractivity contribution in [3.8, 4) is 6.19 Å². The van der Waals surface area contributed by atoms with E-state index in [2.05, 4.69) is 25.9 Å². The van der Waals surface area contributed by atoms with Gasteiger partial charge in [0.05, 0.1) is 25.0 Å². The number of hydrogen-bond acceptors (Lipinski definition) is 4. The van der Waals surface area contributed by atoms with E-state index in [0.717, 1.165) is 5.56 Å². The van der Waals surface area contributed by atoms with Gasteiger partial charge in [-0.25, -0.2) is 4.98 Å². The first-order valence-electron chi connectivity index (χ1n) is 8.11. The topological polar surface area (TPSA) is 102 Å². The molecule has 0 bridgehead atoms. The number of aromatic nitrogens is 1. The first-order chi connectivity index (χ1) is 13.3. The molecule has 1 aromatic carbocycles. The second-order valence-electron chi connectivity index (χ2n) is 5.82. The lowest BCUT2D eigenvalue weighted by atomic mass is 10.1. The molecule has 0 unspecified atom stereocenters. The van der Waals surface area contributed by atoms with E-state index in [1.54, 1.807) is 36.5 Å². The fourth-order valence-corrected chi connectivity index (χ4v) is 2.50. The molecule has 0 aliphatic rings. The molecule has 0 spiro atoms. The van der Waals surface area contributed by atoms with E-state index in [4.69, 9.17) is 40.1 Å². The summed E-state index contributed by atoms with van der Waals surface area (Å²) in [5.41, 5.74) is 2.05. The maximum absolute atomic E-state index is 12.2. The van der Waals surface area contributed by atoms with Crippen molar-refractivity contribution in [2.75, 3.05) is 18.4 Å². The van der Waals surface area contributed by atoms with Crippen LogP contribution in [0.3, 0.4) is 0 Å². The van der Waals surface area contributed by atoms with Crippen LogP contribution < -0.4 is 16.0 Å². The zero-order valence-corrected chi connectivity index (χ0v) is 17.1. The molecule has 28 heavy (non-hydrogen) atoms. The summed E-state index contributed by atoms with van der Waals surface area (Å²) in [5, 5.41) is 17.6. The maximum Gasteiger partial charge on any atom is 0.251 e. The Morgan fingerprint density at radius 2 is 2.00 bits per heavy atom. The Morgan fingerprint density at radius 3 is 2.64 bits per heavy atom. The molecule has 2 aromatic rings. The summed E-state index contributed by atoms with van der Waals surface area (Å²) in [6.07, 6.45) is 3.15. The lowest BCUT2D eigenvalue weighted by Gasteiger charge is -2.22. The maximum atomic E-state index is 12.2. The van der Waals surface area contributed by atoms with Crippen LogP contribution in [-0.2, 0) is 0 Å². The molecule has 0 aliphatic carbocycles. The highest BCUT2D eigenvalue weighted by molar-refractivity contribution is 6.49. The van der Waals surface area contributed by atoms with Crippen molar-refractivity contribution < 1.29 is 4.79 Å². The number of hydrogen-bond donors (Lipinski definition) is 3. The number of alkyl halides is 2. The van der Waals surface area contributed by atoms with E-state index in [1.807, 2.05) is 13.0 Å². The number of pyridine rings is 1. The monoisotopic (exact) mass is 438 g/mol. The fourth-order valence-electron chi connectivity index (χ4n) is 2.12. The molecular formula is C18H17Cl3N6O. The van der Waals surface area contributed by atoms with Crippen LogP contribution >= 0.6 is 34.8 Å². The van der Waals surface area contributed by atoms with Crippen LogP contribution in [0.2, 0.25) is 5.15 Å². The molecule has 0 radical (unpaired) electrons. The van der Waals surface area contributed by atoms with Gasteiger partial charge in [0.15, 0.2) is 4.33 Å². The molecule has 0 saturated heterocycles. The summed E-state index contributed by atoms with van der Waals surface area (Å²) in [7, 11) is 0. The number of rotatable bonds is 6.